The number of nitrogens with two attached hydrogens (primary N) is 1. The molecule has 0 bridgehead atoms. The predicted octanol–water partition coefficient (Wildman–Crippen LogP) is 5.30. The van der Waals surface area contributed by atoms with Crippen LogP contribution in [0.5, 0.6) is 5.75 Å². The summed E-state index contributed by atoms with van der Waals surface area (Å²) in [6, 6.07) is 14.9. The number of ether oxygens (including phenoxy) is 1. The standard InChI is InChI=1S/C24H21Cl2N3O2/c1-29-20-3-2-4-21(30)23(20)22(18(12-27)24(29)28)14-6-9-17(10-7-14)31-13-15-5-8-16(25)11-19(15)26/h5-11,22H,2-4,13,28H2,1H3/t22-/m0/s1. The minimum Gasteiger partial charge on any atom is -0.489 e. The molecule has 1 heterocycles. The Morgan fingerprint density at radius 1 is 1.19 bits per heavy atom. The number of benzene rings is 2. The quantitative estimate of drug-likeness (QED) is 0.678. The Morgan fingerprint density at radius 2 is 1.94 bits per heavy atom. The van der Waals surface area contributed by atoms with E-state index >= 15 is 0 Å². The molecule has 0 fully saturated rings. The fraction of sp³-hybridized carbons (Fsp3) is 0.250. The van der Waals surface area contributed by atoms with Crippen molar-refractivity contribution in [2.45, 2.75) is 31.8 Å². The van der Waals surface area contributed by atoms with Gasteiger partial charge in [0.2, 0.25) is 0 Å². The lowest BCUT2D eigenvalue weighted by atomic mass is 9.76. The average molecular weight is 454 g/mol. The molecule has 158 valence electrons. The van der Waals surface area contributed by atoms with E-state index in [1.54, 1.807) is 17.0 Å². The topological polar surface area (TPSA) is 79.3 Å². The minimum atomic E-state index is -0.455. The van der Waals surface area contributed by atoms with E-state index in [9.17, 15) is 10.1 Å². The molecule has 1 aliphatic carbocycles. The van der Waals surface area contributed by atoms with E-state index < -0.39 is 5.92 Å². The van der Waals surface area contributed by atoms with Gasteiger partial charge in [-0.1, -0.05) is 41.4 Å². The third-order valence-corrected chi connectivity index (χ3v) is 6.38. The van der Waals surface area contributed by atoms with Gasteiger partial charge in [0.1, 0.15) is 18.2 Å². The number of hydrogen-bond acceptors (Lipinski definition) is 5. The Balaban J connectivity index is 1.61. The molecule has 0 spiro atoms. The van der Waals surface area contributed by atoms with Crippen molar-refractivity contribution >= 4 is 29.0 Å². The molecule has 0 unspecified atom stereocenters. The molecule has 0 amide bonds. The summed E-state index contributed by atoms with van der Waals surface area (Å²) in [6.45, 7) is 0.299. The van der Waals surface area contributed by atoms with Crippen LogP contribution in [0.15, 0.2) is 65.1 Å². The summed E-state index contributed by atoms with van der Waals surface area (Å²) in [6.07, 6.45) is 2.06. The Bertz CT molecular complexity index is 1150. The summed E-state index contributed by atoms with van der Waals surface area (Å²) in [7, 11) is 1.82. The van der Waals surface area contributed by atoms with Gasteiger partial charge < -0.3 is 15.4 Å². The second kappa shape index (κ2) is 8.66. The van der Waals surface area contributed by atoms with E-state index in [4.69, 9.17) is 33.7 Å². The molecule has 7 heteroatoms. The maximum absolute atomic E-state index is 12.8. The van der Waals surface area contributed by atoms with Crippen molar-refractivity contribution in [1.29, 1.82) is 5.26 Å². The highest BCUT2D eigenvalue weighted by atomic mass is 35.5. The number of nitriles is 1. The molecular weight excluding hydrogens is 433 g/mol. The molecule has 0 saturated carbocycles. The molecule has 1 atom stereocenters. The van der Waals surface area contributed by atoms with Gasteiger partial charge in [-0.25, -0.2) is 0 Å². The molecule has 1 aliphatic heterocycles. The molecule has 0 saturated heterocycles. The average Bonchev–Trinajstić information content (AvgIpc) is 2.76. The lowest BCUT2D eigenvalue weighted by Gasteiger charge is -2.37. The Morgan fingerprint density at radius 3 is 2.61 bits per heavy atom. The van der Waals surface area contributed by atoms with Gasteiger partial charge in [0, 0.05) is 40.3 Å². The first-order chi connectivity index (χ1) is 14.9. The van der Waals surface area contributed by atoms with E-state index in [1.807, 2.05) is 37.4 Å². The van der Waals surface area contributed by atoms with Crippen LogP contribution in [0.4, 0.5) is 0 Å². The summed E-state index contributed by atoms with van der Waals surface area (Å²) < 4.78 is 5.86. The molecule has 2 N–H and O–H groups in total. The first kappa shape index (κ1) is 21.3. The van der Waals surface area contributed by atoms with Crippen molar-refractivity contribution < 1.29 is 9.53 Å². The van der Waals surface area contributed by atoms with Crippen LogP contribution in [0.2, 0.25) is 10.0 Å². The smallest absolute Gasteiger partial charge is 0.161 e. The van der Waals surface area contributed by atoms with Gasteiger partial charge in [-0.3, -0.25) is 4.79 Å². The fourth-order valence-electron chi connectivity index (χ4n) is 4.15. The molecule has 31 heavy (non-hydrogen) atoms. The van der Waals surface area contributed by atoms with Crippen LogP contribution in [0.3, 0.4) is 0 Å². The van der Waals surface area contributed by atoms with Gasteiger partial charge in [-0.2, -0.15) is 5.26 Å². The lowest BCUT2D eigenvalue weighted by Crippen LogP contribution is -2.36. The number of Topliss-reactive ketones (excluding diaryl/α,β-unsaturated/α-hetero) is 1. The molecule has 2 aromatic carbocycles. The van der Waals surface area contributed by atoms with Crippen LogP contribution < -0.4 is 10.5 Å². The summed E-state index contributed by atoms with van der Waals surface area (Å²) in [5.41, 5.74) is 9.94. The summed E-state index contributed by atoms with van der Waals surface area (Å²) in [5, 5.41) is 10.9. The SMILES string of the molecule is CN1C(N)=C(C#N)[C@H](c2ccc(OCc3ccc(Cl)cc3Cl)cc2)C2=C1CCCC2=O. The number of nitrogens with zero attached hydrogens (tertiary/aromatic N) is 2. The van der Waals surface area contributed by atoms with E-state index in [1.165, 1.54) is 0 Å². The largest absolute Gasteiger partial charge is 0.489 e. The molecule has 2 aromatic rings. The highest BCUT2D eigenvalue weighted by molar-refractivity contribution is 6.35. The lowest BCUT2D eigenvalue weighted by molar-refractivity contribution is -0.116. The van der Waals surface area contributed by atoms with E-state index in [-0.39, 0.29) is 5.78 Å². The van der Waals surface area contributed by atoms with Crippen molar-refractivity contribution in [3.8, 4) is 11.8 Å². The second-order valence-corrected chi connectivity index (χ2v) is 8.48. The van der Waals surface area contributed by atoms with Crippen molar-refractivity contribution in [3.63, 3.8) is 0 Å². The van der Waals surface area contributed by atoms with Gasteiger partial charge in [-0.05, 0) is 42.7 Å². The number of halogens is 2. The number of allylic oxidation sites excluding steroid dienone is 3. The highest BCUT2D eigenvalue weighted by Crippen LogP contribution is 2.44. The molecular formula is C24H21Cl2N3O2. The van der Waals surface area contributed by atoms with Crippen molar-refractivity contribution in [3.05, 3.63) is 86.3 Å². The van der Waals surface area contributed by atoms with Crippen LogP contribution >= 0.6 is 23.2 Å². The van der Waals surface area contributed by atoms with Gasteiger partial charge in [0.15, 0.2) is 5.78 Å². The zero-order chi connectivity index (χ0) is 22.1. The van der Waals surface area contributed by atoms with E-state index in [0.717, 1.165) is 29.7 Å². The van der Waals surface area contributed by atoms with Crippen LogP contribution in [0.25, 0.3) is 0 Å². The number of carbonyl (C=O) groups excluding carboxylic acids is 1. The number of hydrogen-bond donors (Lipinski definition) is 1. The van der Waals surface area contributed by atoms with E-state index in [2.05, 4.69) is 6.07 Å². The third kappa shape index (κ3) is 4.01. The Kier molecular flexibility index (Phi) is 5.95. The summed E-state index contributed by atoms with van der Waals surface area (Å²) in [5.74, 6) is 0.681. The first-order valence-corrected chi connectivity index (χ1v) is 10.7. The van der Waals surface area contributed by atoms with Gasteiger partial charge in [-0.15, -0.1) is 0 Å². The Hall–Kier alpha value is -2.94. The van der Waals surface area contributed by atoms with Crippen LogP contribution in [-0.2, 0) is 11.4 Å². The third-order valence-electron chi connectivity index (χ3n) is 5.79. The molecule has 5 nitrogen and oxygen atoms in total. The molecule has 0 aromatic heterocycles. The number of ketones is 1. The maximum Gasteiger partial charge on any atom is 0.161 e. The van der Waals surface area contributed by atoms with Gasteiger partial charge >= 0.3 is 0 Å². The predicted molar refractivity (Wildman–Crippen MR) is 120 cm³/mol. The zero-order valence-corrected chi connectivity index (χ0v) is 18.5. The second-order valence-electron chi connectivity index (χ2n) is 7.63. The molecule has 0 radical (unpaired) electrons. The normalized spacial score (nSPS) is 18.7. The van der Waals surface area contributed by atoms with Crippen molar-refractivity contribution in [2.75, 3.05) is 7.05 Å². The maximum atomic E-state index is 12.8. The Labute approximate surface area is 191 Å². The van der Waals surface area contributed by atoms with Crippen LogP contribution in [0.1, 0.15) is 36.3 Å². The first-order valence-electron chi connectivity index (χ1n) is 9.97. The fourth-order valence-corrected chi connectivity index (χ4v) is 4.62. The van der Waals surface area contributed by atoms with Crippen LogP contribution in [-0.4, -0.2) is 17.7 Å². The van der Waals surface area contributed by atoms with Gasteiger partial charge in [0.05, 0.1) is 17.6 Å². The summed E-state index contributed by atoms with van der Waals surface area (Å²) >= 11 is 12.1. The van der Waals surface area contributed by atoms with E-state index in [0.29, 0.717) is 45.8 Å². The monoisotopic (exact) mass is 453 g/mol. The van der Waals surface area contributed by atoms with Crippen molar-refractivity contribution in [1.82, 2.24) is 4.90 Å². The summed E-state index contributed by atoms with van der Waals surface area (Å²) in [4.78, 5) is 14.6. The van der Waals surface area contributed by atoms with Gasteiger partial charge in [0.25, 0.3) is 0 Å². The minimum absolute atomic E-state index is 0.0797. The van der Waals surface area contributed by atoms with Crippen LogP contribution in [0, 0.1) is 11.3 Å². The zero-order valence-electron chi connectivity index (χ0n) is 17.0. The molecule has 4 rings (SSSR count). The number of rotatable bonds is 4. The van der Waals surface area contributed by atoms with Crippen molar-refractivity contribution in [2.24, 2.45) is 5.73 Å². The highest BCUT2D eigenvalue weighted by Gasteiger charge is 2.38. The molecule has 2 aliphatic rings. The number of carbonyl (C=O) groups is 1.